The zero-order valence-corrected chi connectivity index (χ0v) is 18.9. The van der Waals surface area contributed by atoms with Gasteiger partial charge >= 0.3 is 11.9 Å². The van der Waals surface area contributed by atoms with Crippen LogP contribution in [0.3, 0.4) is 0 Å². The van der Waals surface area contributed by atoms with E-state index in [0.717, 1.165) is 5.56 Å². The van der Waals surface area contributed by atoms with Crippen molar-refractivity contribution in [2.75, 3.05) is 20.8 Å². The molecule has 0 unspecified atom stereocenters. The average molecular weight is 451 g/mol. The summed E-state index contributed by atoms with van der Waals surface area (Å²) < 4.78 is 16.6. The van der Waals surface area contributed by atoms with Crippen LogP contribution in [0.25, 0.3) is 5.69 Å². The van der Waals surface area contributed by atoms with Gasteiger partial charge in [0.15, 0.2) is 0 Å². The lowest BCUT2D eigenvalue weighted by Gasteiger charge is -2.11. The molecule has 0 bridgehead atoms. The molecule has 2 aromatic carbocycles. The second kappa shape index (κ2) is 10.4. The van der Waals surface area contributed by atoms with Gasteiger partial charge in [0, 0.05) is 12.1 Å². The summed E-state index contributed by atoms with van der Waals surface area (Å²) in [5, 5.41) is 7.08. The van der Waals surface area contributed by atoms with Crippen LogP contribution >= 0.6 is 0 Å². The van der Waals surface area contributed by atoms with Gasteiger partial charge < -0.3 is 19.5 Å². The highest BCUT2D eigenvalue weighted by molar-refractivity contribution is 5.95. The van der Waals surface area contributed by atoms with Crippen molar-refractivity contribution in [3.63, 3.8) is 0 Å². The normalized spacial score (nSPS) is 10.4. The smallest absolute Gasteiger partial charge is 0.341 e. The van der Waals surface area contributed by atoms with Crippen molar-refractivity contribution in [3.8, 4) is 11.4 Å². The van der Waals surface area contributed by atoms with Crippen LogP contribution in [0.4, 0.5) is 0 Å². The Morgan fingerprint density at radius 2 is 1.73 bits per heavy atom. The van der Waals surface area contributed by atoms with Crippen LogP contribution in [-0.2, 0) is 16.0 Å². The van der Waals surface area contributed by atoms with E-state index < -0.39 is 11.9 Å². The maximum Gasteiger partial charge on any atom is 0.341 e. The summed E-state index contributed by atoms with van der Waals surface area (Å²) in [6, 6.07) is 11.9. The summed E-state index contributed by atoms with van der Waals surface area (Å²) in [5.74, 6) is -0.823. The van der Waals surface area contributed by atoms with E-state index in [1.807, 2.05) is 0 Å². The highest BCUT2D eigenvalue weighted by Crippen LogP contribution is 2.21. The molecule has 9 nitrogen and oxygen atoms in total. The first-order valence-corrected chi connectivity index (χ1v) is 10.2. The molecule has 0 spiro atoms. The maximum atomic E-state index is 12.6. The van der Waals surface area contributed by atoms with Crippen LogP contribution in [0.5, 0.6) is 5.75 Å². The van der Waals surface area contributed by atoms with Gasteiger partial charge in [-0.2, -0.15) is 5.10 Å². The second-order valence-electron chi connectivity index (χ2n) is 7.03. The number of rotatable bonds is 8. The van der Waals surface area contributed by atoms with Gasteiger partial charge in [0.1, 0.15) is 16.9 Å². The number of nitrogens with zero attached hydrogens (tertiary/aromatic N) is 2. The monoisotopic (exact) mass is 451 g/mol. The first kappa shape index (κ1) is 23.5. The Bertz CT molecular complexity index is 1170. The van der Waals surface area contributed by atoms with E-state index in [1.54, 1.807) is 61.0 Å². The predicted molar refractivity (Wildman–Crippen MR) is 120 cm³/mol. The minimum atomic E-state index is -0.518. The highest BCUT2D eigenvalue weighted by Gasteiger charge is 2.17. The molecule has 33 heavy (non-hydrogen) atoms. The van der Waals surface area contributed by atoms with E-state index in [0.29, 0.717) is 28.3 Å². The molecule has 3 aromatic rings. The van der Waals surface area contributed by atoms with Crippen molar-refractivity contribution in [1.82, 2.24) is 15.1 Å². The van der Waals surface area contributed by atoms with Crippen LogP contribution in [0.2, 0.25) is 0 Å². The van der Waals surface area contributed by atoms with Gasteiger partial charge in [-0.3, -0.25) is 4.79 Å². The molecule has 0 aliphatic rings. The number of carbonyl (C=O) groups excluding carboxylic acids is 3. The Hall–Kier alpha value is -4.14. The lowest BCUT2D eigenvalue weighted by atomic mass is 10.1. The van der Waals surface area contributed by atoms with Crippen LogP contribution in [0.15, 0.2) is 48.7 Å². The van der Waals surface area contributed by atoms with E-state index in [4.69, 9.17) is 14.2 Å². The number of carbonyl (C=O) groups is 3. The zero-order valence-electron chi connectivity index (χ0n) is 18.9. The van der Waals surface area contributed by atoms with Crippen LogP contribution < -0.4 is 10.1 Å². The fourth-order valence-electron chi connectivity index (χ4n) is 3.25. The third-order valence-electron chi connectivity index (χ3n) is 5.00. The molecule has 0 saturated heterocycles. The van der Waals surface area contributed by atoms with Crippen LogP contribution in [-0.4, -0.2) is 48.5 Å². The van der Waals surface area contributed by atoms with Crippen molar-refractivity contribution in [1.29, 1.82) is 0 Å². The van der Waals surface area contributed by atoms with Gasteiger partial charge in [0.2, 0.25) is 0 Å². The van der Waals surface area contributed by atoms with E-state index in [9.17, 15) is 14.4 Å². The summed E-state index contributed by atoms with van der Waals surface area (Å²) in [5.41, 5.74) is 3.21. The number of hydrogen-bond acceptors (Lipinski definition) is 7. The van der Waals surface area contributed by atoms with Crippen LogP contribution in [0, 0.1) is 6.92 Å². The Labute approximate surface area is 191 Å². The molecule has 0 aliphatic heterocycles. The Morgan fingerprint density at radius 3 is 2.36 bits per heavy atom. The molecule has 9 heteroatoms. The van der Waals surface area contributed by atoms with Gasteiger partial charge in [-0.1, -0.05) is 6.07 Å². The first-order valence-electron chi connectivity index (χ1n) is 10.2. The number of hydrogen-bond donors (Lipinski definition) is 1. The zero-order chi connectivity index (χ0) is 24.0. The summed E-state index contributed by atoms with van der Waals surface area (Å²) in [6.45, 7) is 4.02. The molecule has 1 heterocycles. The van der Waals surface area contributed by atoms with E-state index in [1.165, 1.54) is 20.4 Å². The predicted octanol–water partition coefficient (Wildman–Crippen LogP) is 3.08. The maximum absolute atomic E-state index is 12.6. The molecule has 3 rings (SSSR count). The largest absolute Gasteiger partial charge is 0.496 e. The quantitative estimate of drug-likeness (QED) is 0.524. The lowest BCUT2D eigenvalue weighted by molar-refractivity contribution is 0.0524. The number of aromatic nitrogens is 2. The molecule has 1 amide bonds. The Kier molecular flexibility index (Phi) is 7.45. The summed E-state index contributed by atoms with van der Waals surface area (Å²) in [4.78, 5) is 36.5. The molecule has 172 valence electrons. The minimum Gasteiger partial charge on any atom is -0.496 e. The van der Waals surface area contributed by atoms with E-state index >= 15 is 0 Å². The molecule has 0 fully saturated rings. The van der Waals surface area contributed by atoms with Crippen molar-refractivity contribution in [3.05, 3.63) is 76.6 Å². The van der Waals surface area contributed by atoms with Gasteiger partial charge in [-0.25, -0.2) is 14.3 Å². The summed E-state index contributed by atoms with van der Waals surface area (Å²) in [6.07, 6.45) is 1.46. The average Bonchev–Trinajstić information content (AvgIpc) is 3.23. The SMILES string of the molecule is CCOC(=O)c1cnn(-c2ccc(C(=O)NCc3ccc(OC)c(C(=O)OC)c3)cc2)c1C. The third-order valence-corrected chi connectivity index (χ3v) is 5.00. The third kappa shape index (κ3) is 5.20. The van der Waals surface area contributed by atoms with Crippen LogP contribution in [0.1, 0.15) is 49.3 Å². The standard InChI is InChI=1S/C24H25N3O6/c1-5-33-24(30)20-14-26-27(15(20)2)18-9-7-17(8-10-18)22(28)25-13-16-6-11-21(31-3)19(12-16)23(29)32-4/h6-12,14H,5,13H2,1-4H3,(H,25,28). The highest BCUT2D eigenvalue weighted by atomic mass is 16.5. The molecular formula is C24H25N3O6. The number of ether oxygens (including phenoxy) is 3. The summed E-state index contributed by atoms with van der Waals surface area (Å²) in [7, 11) is 2.76. The van der Waals surface area contributed by atoms with Crippen molar-refractivity contribution >= 4 is 17.8 Å². The Morgan fingerprint density at radius 1 is 1.00 bits per heavy atom. The Balaban J connectivity index is 1.69. The number of esters is 2. The molecule has 0 radical (unpaired) electrons. The molecular weight excluding hydrogens is 426 g/mol. The van der Waals surface area contributed by atoms with Gasteiger partial charge in [0.05, 0.1) is 38.4 Å². The number of amides is 1. The summed E-state index contributed by atoms with van der Waals surface area (Å²) >= 11 is 0. The molecule has 1 N–H and O–H groups in total. The molecule has 0 aliphatic carbocycles. The lowest BCUT2D eigenvalue weighted by Crippen LogP contribution is -2.23. The molecule has 0 atom stereocenters. The topological polar surface area (TPSA) is 109 Å². The fourth-order valence-corrected chi connectivity index (χ4v) is 3.25. The minimum absolute atomic E-state index is 0.218. The van der Waals surface area contributed by atoms with Crippen molar-refractivity contribution in [2.45, 2.75) is 20.4 Å². The number of methoxy groups -OCH3 is 2. The second-order valence-corrected chi connectivity index (χ2v) is 7.03. The van der Waals surface area contributed by atoms with Crippen molar-refractivity contribution in [2.24, 2.45) is 0 Å². The molecule has 0 saturated carbocycles. The van der Waals surface area contributed by atoms with E-state index in [2.05, 4.69) is 10.4 Å². The number of benzene rings is 2. The first-order chi connectivity index (χ1) is 15.9. The van der Waals surface area contributed by atoms with Gasteiger partial charge in [-0.15, -0.1) is 0 Å². The fraction of sp³-hybridized carbons (Fsp3) is 0.250. The van der Waals surface area contributed by atoms with Gasteiger partial charge in [0.25, 0.3) is 5.91 Å². The van der Waals surface area contributed by atoms with E-state index in [-0.39, 0.29) is 24.6 Å². The van der Waals surface area contributed by atoms with Crippen molar-refractivity contribution < 1.29 is 28.6 Å². The number of nitrogens with one attached hydrogen (secondary N) is 1. The molecule has 1 aromatic heterocycles. The van der Waals surface area contributed by atoms with Gasteiger partial charge in [-0.05, 0) is 55.8 Å².